The molecule has 1 atom stereocenters. The van der Waals surface area contributed by atoms with E-state index in [4.69, 9.17) is 23.2 Å². The predicted octanol–water partition coefficient (Wildman–Crippen LogP) is 3.20. The van der Waals surface area contributed by atoms with Crippen molar-refractivity contribution in [3.8, 4) is 0 Å². The van der Waals surface area contributed by atoms with Crippen LogP contribution in [0.1, 0.15) is 6.42 Å². The Bertz CT molecular complexity index is 236. The third kappa shape index (κ3) is 0.998. The minimum atomic E-state index is -0.0242. The van der Waals surface area contributed by atoms with Crippen molar-refractivity contribution in [3.05, 3.63) is 9.94 Å². The molecular weight excluding hydrogens is 209 g/mol. The van der Waals surface area contributed by atoms with Crippen LogP contribution in [0, 0.1) is 0 Å². The average molecular weight is 212 g/mol. The highest BCUT2D eigenvalue weighted by atomic mass is 35.5. The molecule has 2 aliphatic rings. The Labute approximate surface area is 76.8 Å². The zero-order valence-corrected chi connectivity index (χ0v) is 7.95. The molecule has 0 radical (unpaired) electrons. The molecule has 5 heteroatoms. The lowest BCUT2D eigenvalue weighted by Crippen LogP contribution is -1.94. The Morgan fingerprint density at radius 3 is 3.10 bits per heavy atom. The topological polar surface area (TPSA) is 12.4 Å². The number of halogens is 2. The van der Waals surface area contributed by atoms with Crippen molar-refractivity contribution in [1.29, 1.82) is 0 Å². The highest BCUT2D eigenvalue weighted by Crippen LogP contribution is 2.48. The van der Waals surface area contributed by atoms with Crippen molar-refractivity contribution in [2.24, 2.45) is 4.40 Å². The first-order chi connectivity index (χ1) is 4.79. The lowest BCUT2D eigenvalue weighted by Gasteiger charge is -1.95. The summed E-state index contributed by atoms with van der Waals surface area (Å²) in [6.07, 6.45) is 0.801. The second kappa shape index (κ2) is 2.63. The van der Waals surface area contributed by atoms with Crippen LogP contribution in [0.3, 0.4) is 0 Å². The van der Waals surface area contributed by atoms with Crippen LogP contribution in [-0.4, -0.2) is 11.1 Å². The second-order valence-electron chi connectivity index (χ2n) is 2.04. The van der Waals surface area contributed by atoms with Crippen LogP contribution in [0.15, 0.2) is 14.3 Å². The fourth-order valence-corrected chi connectivity index (χ4v) is 3.69. The normalized spacial score (nSPS) is 31.0. The van der Waals surface area contributed by atoms with Crippen LogP contribution >= 0.6 is 45.0 Å². The van der Waals surface area contributed by atoms with Crippen LogP contribution in [0.2, 0.25) is 0 Å². The van der Waals surface area contributed by atoms with Crippen LogP contribution in [0.5, 0.6) is 0 Å². The Morgan fingerprint density at radius 2 is 2.40 bits per heavy atom. The maximum absolute atomic E-state index is 5.90. The molecule has 0 saturated carbocycles. The molecule has 1 heterocycles. The molecule has 0 aromatic rings. The summed E-state index contributed by atoms with van der Waals surface area (Å²) in [5.74, 6) is 0. The molecule has 0 spiro atoms. The van der Waals surface area contributed by atoms with Crippen molar-refractivity contribution in [3.63, 3.8) is 0 Å². The Hall–Kier alpha value is 0.690. The average Bonchev–Trinajstić information content (AvgIpc) is 2.41. The van der Waals surface area contributed by atoms with Gasteiger partial charge in [-0.25, -0.2) is 4.40 Å². The molecule has 0 bridgehead atoms. The highest BCUT2D eigenvalue weighted by Gasteiger charge is 2.31. The molecule has 0 amide bonds. The van der Waals surface area contributed by atoms with Gasteiger partial charge in [-0.1, -0.05) is 11.6 Å². The molecule has 0 aromatic carbocycles. The molecule has 1 unspecified atom stereocenters. The Morgan fingerprint density at radius 1 is 1.60 bits per heavy atom. The van der Waals surface area contributed by atoms with E-state index in [0.29, 0.717) is 0 Å². The smallest absolute Gasteiger partial charge is 0.0760 e. The van der Waals surface area contributed by atoms with Gasteiger partial charge in [0.1, 0.15) is 0 Å². The largest absolute Gasteiger partial charge is 0.208 e. The second-order valence-corrected chi connectivity index (χ2v) is 4.83. The Balaban J connectivity index is 2.40. The summed E-state index contributed by atoms with van der Waals surface area (Å²) in [7, 11) is 3.08. The van der Waals surface area contributed by atoms with Gasteiger partial charge >= 0.3 is 0 Å². The van der Waals surface area contributed by atoms with Crippen molar-refractivity contribution in [2.75, 3.05) is 0 Å². The monoisotopic (exact) mass is 211 g/mol. The maximum atomic E-state index is 5.90. The number of alkyl halides is 1. The molecule has 1 aliphatic heterocycles. The number of nitrogens with zero attached hydrogens (tertiary/aromatic N) is 1. The minimum absolute atomic E-state index is 0.0242. The molecule has 1 aliphatic carbocycles. The lowest BCUT2D eigenvalue weighted by molar-refractivity contribution is 1.13. The van der Waals surface area contributed by atoms with Crippen molar-refractivity contribution < 1.29 is 0 Å². The van der Waals surface area contributed by atoms with E-state index in [9.17, 15) is 0 Å². The fourth-order valence-electron chi connectivity index (χ4n) is 0.900. The molecule has 0 saturated heterocycles. The summed E-state index contributed by atoms with van der Waals surface area (Å²) >= 11 is 11.8. The van der Waals surface area contributed by atoms with Crippen LogP contribution in [-0.2, 0) is 0 Å². The van der Waals surface area contributed by atoms with Crippen molar-refractivity contribution in [2.45, 2.75) is 11.8 Å². The third-order valence-corrected chi connectivity index (χ3v) is 4.38. The molecule has 54 valence electrons. The summed E-state index contributed by atoms with van der Waals surface area (Å²) in [5, 5.41) is 0.749. The van der Waals surface area contributed by atoms with Crippen LogP contribution < -0.4 is 0 Å². The summed E-state index contributed by atoms with van der Waals surface area (Å²) < 4.78 is 4.17. The van der Waals surface area contributed by atoms with Gasteiger partial charge in [-0.05, 0) is 10.8 Å². The molecule has 10 heavy (non-hydrogen) atoms. The van der Waals surface area contributed by atoms with Gasteiger partial charge in [-0.15, -0.1) is 11.6 Å². The minimum Gasteiger partial charge on any atom is -0.208 e. The Kier molecular flexibility index (Phi) is 1.93. The van der Waals surface area contributed by atoms with Gasteiger partial charge in [0.05, 0.1) is 21.0 Å². The van der Waals surface area contributed by atoms with E-state index in [1.165, 1.54) is 11.0 Å². The predicted molar refractivity (Wildman–Crippen MR) is 49.8 cm³/mol. The standard InChI is InChI=1S/C5H3Cl2NS2/c6-2-1-3-5(4(2)7)9-10-8-3/h2H,1H2. The van der Waals surface area contributed by atoms with Gasteiger partial charge in [0.2, 0.25) is 0 Å². The first kappa shape index (κ1) is 7.35. The van der Waals surface area contributed by atoms with Gasteiger partial charge in [-0.3, -0.25) is 0 Å². The summed E-state index contributed by atoms with van der Waals surface area (Å²) in [6.45, 7) is 0. The molecular formula is C5H3Cl2NS2. The first-order valence-electron chi connectivity index (χ1n) is 2.73. The fraction of sp³-hybridized carbons (Fsp3) is 0.400. The van der Waals surface area contributed by atoms with Crippen LogP contribution in [0.25, 0.3) is 0 Å². The lowest BCUT2D eigenvalue weighted by atomic mass is 10.3. The molecule has 2 rings (SSSR count). The highest BCUT2D eigenvalue weighted by molar-refractivity contribution is 8.78. The molecule has 1 nitrogen and oxygen atoms in total. The summed E-state index contributed by atoms with van der Waals surface area (Å²) in [6, 6.07) is 0. The van der Waals surface area contributed by atoms with E-state index in [2.05, 4.69) is 4.40 Å². The summed E-state index contributed by atoms with van der Waals surface area (Å²) in [5.41, 5.74) is 1.07. The summed E-state index contributed by atoms with van der Waals surface area (Å²) in [4.78, 5) is 1.09. The van der Waals surface area contributed by atoms with E-state index >= 15 is 0 Å². The van der Waals surface area contributed by atoms with E-state index in [-0.39, 0.29) is 5.38 Å². The first-order valence-corrected chi connectivity index (χ1v) is 5.66. The molecule has 0 N–H and O–H groups in total. The number of fused-ring (bicyclic) bond motifs is 1. The number of hydrogen-bond acceptors (Lipinski definition) is 3. The zero-order chi connectivity index (χ0) is 7.14. The number of hydrogen-bond donors (Lipinski definition) is 0. The van der Waals surface area contributed by atoms with Crippen LogP contribution in [0.4, 0.5) is 0 Å². The van der Waals surface area contributed by atoms with Gasteiger partial charge in [0.25, 0.3) is 0 Å². The van der Waals surface area contributed by atoms with E-state index in [1.54, 1.807) is 10.8 Å². The van der Waals surface area contributed by atoms with Crippen molar-refractivity contribution >= 4 is 50.7 Å². The molecule has 0 aromatic heterocycles. The van der Waals surface area contributed by atoms with Gasteiger partial charge < -0.3 is 0 Å². The maximum Gasteiger partial charge on any atom is 0.0760 e. The number of allylic oxidation sites excluding steroid dienone is 2. The van der Waals surface area contributed by atoms with E-state index in [0.717, 1.165) is 22.1 Å². The third-order valence-electron chi connectivity index (χ3n) is 1.39. The quantitative estimate of drug-likeness (QED) is 0.347. The number of rotatable bonds is 0. The van der Waals surface area contributed by atoms with Crippen molar-refractivity contribution in [1.82, 2.24) is 0 Å². The molecule has 0 fully saturated rings. The van der Waals surface area contributed by atoms with E-state index < -0.39 is 0 Å². The SMILES string of the molecule is ClC1=C2SSN=C2CC1Cl. The van der Waals surface area contributed by atoms with E-state index in [1.807, 2.05) is 0 Å². The van der Waals surface area contributed by atoms with Gasteiger partial charge in [0, 0.05) is 17.4 Å². The van der Waals surface area contributed by atoms with Gasteiger partial charge in [0.15, 0.2) is 0 Å². The van der Waals surface area contributed by atoms with Gasteiger partial charge in [-0.2, -0.15) is 0 Å². The zero-order valence-electron chi connectivity index (χ0n) is 4.80.